The lowest BCUT2D eigenvalue weighted by Gasteiger charge is -2.10. The molecule has 3 N–H and O–H groups in total. The molecule has 8 nitrogen and oxygen atoms in total. The monoisotopic (exact) mass is 269 g/mol. The minimum absolute atomic E-state index is 0.101. The molecule has 1 aromatic heterocycles. The summed E-state index contributed by atoms with van der Waals surface area (Å²) in [6.07, 6.45) is 1.59. The van der Waals surface area contributed by atoms with Gasteiger partial charge in [0.1, 0.15) is 6.20 Å². The van der Waals surface area contributed by atoms with Crippen molar-refractivity contribution in [2.75, 3.05) is 13.1 Å². The molecule has 19 heavy (non-hydrogen) atoms. The molecule has 0 aromatic carbocycles. The number of nitrogens with zero attached hydrogens (tertiary/aromatic N) is 3. The van der Waals surface area contributed by atoms with Gasteiger partial charge in [-0.3, -0.25) is 4.79 Å². The number of nitrogens with one attached hydrogen (secondary N) is 1. The molecule has 0 aliphatic heterocycles. The van der Waals surface area contributed by atoms with E-state index in [1.807, 2.05) is 6.92 Å². The number of aryl methyl sites for hydroxylation is 2. The van der Waals surface area contributed by atoms with Gasteiger partial charge in [0.2, 0.25) is 11.7 Å². The molecular formula is C11H19N5O3. The van der Waals surface area contributed by atoms with Gasteiger partial charge in [0, 0.05) is 26.4 Å². The number of carbonyl (C=O) groups is 1. The van der Waals surface area contributed by atoms with Crippen LogP contribution in [0.4, 0.5) is 5.82 Å². The van der Waals surface area contributed by atoms with Gasteiger partial charge in [0.25, 0.3) is 0 Å². The maximum Gasteiger partial charge on any atom is 0.381 e. The Morgan fingerprint density at radius 2 is 2.37 bits per heavy atom. The SMILES string of the molecule is Cc1nc([N+](=O)[O-])cn1CCC(=O)NCC(C)CN. The van der Waals surface area contributed by atoms with Crippen LogP contribution in [-0.2, 0) is 11.3 Å². The third-order valence-electron chi connectivity index (χ3n) is 2.78. The number of hydrogen-bond acceptors (Lipinski definition) is 5. The Hall–Kier alpha value is -1.96. The highest BCUT2D eigenvalue weighted by Crippen LogP contribution is 2.10. The van der Waals surface area contributed by atoms with E-state index in [-0.39, 0.29) is 24.1 Å². The van der Waals surface area contributed by atoms with Crippen molar-refractivity contribution in [2.45, 2.75) is 26.8 Å². The average molecular weight is 269 g/mol. The first-order chi connectivity index (χ1) is 8.93. The van der Waals surface area contributed by atoms with E-state index >= 15 is 0 Å². The van der Waals surface area contributed by atoms with E-state index in [2.05, 4.69) is 10.3 Å². The van der Waals surface area contributed by atoms with Crippen LogP contribution < -0.4 is 11.1 Å². The van der Waals surface area contributed by atoms with E-state index in [0.29, 0.717) is 25.5 Å². The summed E-state index contributed by atoms with van der Waals surface area (Å²) < 4.78 is 1.60. The molecule has 1 atom stereocenters. The first kappa shape index (κ1) is 15.1. The molecule has 0 radical (unpaired) electrons. The number of nitro groups is 1. The van der Waals surface area contributed by atoms with Crippen LogP contribution in [-0.4, -0.2) is 33.5 Å². The number of amides is 1. The second-order valence-electron chi connectivity index (χ2n) is 4.49. The first-order valence-corrected chi connectivity index (χ1v) is 6.09. The Kier molecular flexibility index (Phi) is 5.43. The highest BCUT2D eigenvalue weighted by molar-refractivity contribution is 5.75. The quantitative estimate of drug-likeness (QED) is 0.542. The normalized spacial score (nSPS) is 12.2. The molecule has 1 aromatic rings. The first-order valence-electron chi connectivity index (χ1n) is 6.09. The molecule has 0 spiro atoms. The smallest absolute Gasteiger partial charge is 0.358 e. The zero-order valence-corrected chi connectivity index (χ0v) is 11.1. The number of hydrogen-bond donors (Lipinski definition) is 2. The lowest BCUT2D eigenvalue weighted by Crippen LogP contribution is -2.31. The van der Waals surface area contributed by atoms with Crippen LogP contribution in [0, 0.1) is 23.0 Å². The van der Waals surface area contributed by atoms with Gasteiger partial charge < -0.3 is 25.7 Å². The third kappa shape index (κ3) is 4.66. The van der Waals surface area contributed by atoms with Crippen molar-refractivity contribution < 1.29 is 9.72 Å². The molecule has 1 rings (SSSR count). The minimum Gasteiger partial charge on any atom is -0.358 e. The number of carbonyl (C=O) groups excluding carboxylic acids is 1. The highest BCUT2D eigenvalue weighted by atomic mass is 16.6. The lowest BCUT2D eigenvalue weighted by molar-refractivity contribution is -0.389. The van der Waals surface area contributed by atoms with E-state index in [1.165, 1.54) is 6.20 Å². The fourth-order valence-corrected chi connectivity index (χ4v) is 1.49. The number of rotatable bonds is 7. The van der Waals surface area contributed by atoms with Gasteiger partial charge in [-0.25, -0.2) is 0 Å². The van der Waals surface area contributed by atoms with Crippen LogP contribution in [0.5, 0.6) is 0 Å². The fraction of sp³-hybridized carbons (Fsp3) is 0.636. The molecule has 0 bridgehead atoms. The predicted molar refractivity (Wildman–Crippen MR) is 69.5 cm³/mol. The molecule has 1 heterocycles. The van der Waals surface area contributed by atoms with Crippen LogP contribution in [0.2, 0.25) is 0 Å². The van der Waals surface area contributed by atoms with Gasteiger partial charge in [-0.05, 0) is 22.4 Å². The van der Waals surface area contributed by atoms with E-state index in [4.69, 9.17) is 5.73 Å². The van der Waals surface area contributed by atoms with Crippen LogP contribution in [0.15, 0.2) is 6.20 Å². The summed E-state index contributed by atoms with van der Waals surface area (Å²) in [6, 6.07) is 0. The standard InChI is InChI=1S/C11H19N5O3/c1-8(5-12)6-13-11(17)3-4-15-7-10(16(18)19)14-9(15)2/h7-8H,3-6,12H2,1-2H3,(H,13,17). The predicted octanol–water partition coefficient (Wildman–Crippen LogP) is 0.201. The third-order valence-corrected chi connectivity index (χ3v) is 2.78. The van der Waals surface area contributed by atoms with Crippen LogP contribution in [0.3, 0.4) is 0 Å². The molecule has 0 saturated carbocycles. The van der Waals surface area contributed by atoms with Crippen LogP contribution in [0.1, 0.15) is 19.2 Å². The largest absolute Gasteiger partial charge is 0.381 e. The van der Waals surface area contributed by atoms with Crippen molar-refractivity contribution in [3.63, 3.8) is 0 Å². The Bertz CT molecular complexity index is 457. The summed E-state index contributed by atoms with van der Waals surface area (Å²) in [7, 11) is 0. The van der Waals surface area contributed by atoms with Gasteiger partial charge >= 0.3 is 5.82 Å². The number of imidazole rings is 1. The lowest BCUT2D eigenvalue weighted by atomic mass is 10.2. The molecule has 106 valence electrons. The molecule has 0 aliphatic rings. The van der Waals surface area contributed by atoms with Crippen molar-refractivity contribution in [1.82, 2.24) is 14.9 Å². The number of nitrogens with two attached hydrogens (primary N) is 1. The zero-order valence-electron chi connectivity index (χ0n) is 11.1. The molecule has 8 heteroatoms. The Balaban J connectivity index is 2.44. The van der Waals surface area contributed by atoms with Crippen LogP contribution in [0.25, 0.3) is 0 Å². The molecule has 1 unspecified atom stereocenters. The van der Waals surface area contributed by atoms with Gasteiger partial charge in [-0.1, -0.05) is 6.92 Å². The Labute approximate surface area is 111 Å². The molecule has 0 saturated heterocycles. The minimum atomic E-state index is -0.549. The molecule has 0 aliphatic carbocycles. The van der Waals surface area contributed by atoms with E-state index < -0.39 is 4.92 Å². The van der Waals surface area contributed by atoms with Crippen molar-refractivity contribution in [2.24, 2.45) is 11.7 Å². The summed E-state index contributed by atoms with van der Waals surface area (Å²) in [4.78, 5) is 25.4. The van der Waals surface area contributed by atoms with Crippen molar-refractivity contribution in [3.8, 4) is 0 Å². The van der Waals surface area contributed by atoms with E-state index in [1.54, 1.807) is 11.5 Å². The second-order valence-corrected chi connectivity index (χ2v) is 4.49. The Morgan fingerprint density at radius 3 is 2.89 bits per heavy atom. The highest BCUT2D eigenvalue weighted by Gasteiger charge is 2.15. The van der Waals surface area contributed by atoms with Gasteiger partial charge in [0.05, 0.1) is 0 Å². The molecule has 1 amide bonds. The maximum absolute atomic E-state index is 11.6. The van der Waals surface area contributed by atoms with E-state index in [0.717, 1.165) is 0 Å². The van der Waals surface area contributed by atoms with Crippen molar-refractivity contribution in [3.05, 3.63) is 22.1 Å². The molecular weight excluding hydrogens is 250 g/mol. The number of aromatic nitrogens is 2. The summed E-state index contributed by atoms with van der Waals surface area (Å²) in [5.74, 6) is 0.459. The zero-order chi connectivity index (χ0) is 14.4. The molecule has 0 fully saturated rings. The van der Waals surface area contributed by atoms with Gasteiger partial charge in [-0.15, -0.1) is 0 Å². The van der Waals surface area contributed by atoms with E-state index in [9.17, 15) is 14.9 Å². The topological polar surface area (TPSA) is 116 Å². The average Bonchev–Trinajstić information content (AvgIpc) is 2.75. The van der Waals surface area contributed by atoms with Crippen molar-refractivity contribution >= 4 is 11.7 Å². The Morgan fingerprint density at radius 1 is 1.68 bits per heavy atom. The van der Waals surface area contributed by atoms with Gasteiger partial charge in [-0.2, -0.15) is 0 Å². The maximum atomic E-state index is 11.6. The summed E-state index contributed by atoms with van der Waals surface area (Å²) in [6.45, 7) is 5.05. The second kappa shape index (κ2) is 6.83. The van der Waals surface area contributed by atoms with Gasteiger partial charge in [0.15, 0.2) is 0 Å². The summed E-state index contributed by atoms with van der Waals surface area (Å²) >= 11 is 0. The fourth-order valence-electron chi connectivity index (χ4n) is 1.49. The van der Waals surface area contributed by atoms with Crippen molar-refractivity contribution in [1.29, 1.82) is 0 Å². The summed E-state index contributed by atoms with van der Waals surface area (Å²) in [5, 5.41) is 13.3. The summed E-state index contributed by atoms with van der Waals surface area (Å²) in [5.41, 5.74) is 5.45. The van der Waals surface area contributed by atoms with Crippen LogP contribution >= 0.6 is 0 Å².